The van der Waals surface area contributed by atoms with Crippen molar-refractivity contribution >= 4 is 5.97 Å². The third-order valence-electron chi connectivity index (χ3n) is 2.21. The molecule has 0 bridgehead atoms. The molecule has 0 aromatic heterocycles. The van der Waals surface area contributed by atoms with Crippen molar-refractivity contribution in [2.24, 2.45) is 5.92 Å². The van der Waals surface area contributed by atoms with Crippen LogP contribution in [0, 0.1) is 5.92 Å². The molecule has 12 heavy (non-hydrogen) atoms. The Kier molecular flexibility index (Phi) is 3.29. The van der Waals surface area contributed by atoms with E-state index in [9.17, 15) is 4.79 Å². The Morgan fingerprint density at radius 1 is 1.50 bits per heavy atom. The van der Waals surface area contributed by atoms with Gasteiger partial charge in [0.25, 0.3) is 0 Å². The fourth-order valence-electron chi connectivity index (χ4n) is 1.44. The largest absolute Gasteiger partial charge is 0.478 e. The van der Waals surface area contributed by atoms with Crippen LogP contribution < -0.4 is 5.32 Å². The van der Waals surface area contributed by atoms with Crippen LogP contribution in [-0.4, -0.2) is 24.2 Å². The maximum Gasteiger partial charge on any atom is 0.330 e. The van der Waals surface area contributed by atoms with Crippen LogP contribution in [0.1, 0.15) is 19.8 Å². The molecule has 0 spiro atoms. The zero-order valence-electron chi connectivity index (χ0n) is 7.34. The lowest BCUT2D eigenvalue weighted by Crippen LogP contribution is -2.27. The van der Waals surface area contributed by atoms with E-state index in [4.69, 9.17) is 5.11 Å². The number of rotatable bonds is 2. The normalized spacial score (nSPS) is 20.9. The molecule has 3 heteroatoms. The van der Waals surface area contributed by atoms with Gasteiger partial charge in [-0.05, 0) is 38.8 Å². The van der Waals surface area contributed by atoms with Crippen molar-refractivity contribution in [3.63, 3.8) is 0 Å². The lowest BCUT2D eigenvalue weighted by molar-refractivity contribution is -0.132. The Morgan fingerprint density at radius 3 is 2.58 bits per heavy atom. The number of piperidine rings is 1. The SMILES string of the molecule is C/C(=C\C1CCNCC1)C(=O)O. The monoisotopic (exact) mass is 169 g/mol. The Labute approximate surface area is 72.5 Å². The second-order valence-electron chi connectivity index (χ2n) is 3.24. The molecule has 3 nitrogen and oxygen atoms in total. The third-order valence-corrected chi connectivity index (χ3v) is 2.21. The van der Waals surface area contributed by atoms with Gasteiger partial charge in [-0.3, -0.25) is 0 Å². The maximum absolute atomic E-state index is 10.5. The summed E-state index contributed by atoms with van der Waals surface area (Å²) < 4.78 is 0. The first-order valence-electron chi connectivity index (χ1n) is 4.32. The maximum atomic E-state index is 10.5. The molecule has 1 heterocycles. The van der Waals surface area contributed by atoms with Gasteiger partial charge < -0.3 is 10.4 Å². The molecule has 1 aliphatic heterocycles. The number of carboxylic acid groups (broad SMARTS) is 1. The summed E-state index contributed by atoms with van der Waals surface area (Å²) in [6.07, 6.45) is 4.00. The van der Waals surface area contributed by atoms with Crippen molar-refractivity contribution in [3.05, 3.63) is 11.6 Å². The number of carbonyl (C=O) groups is 1. The molecule has 0 unspecified atom stereocenters. The van der Waals surface area contributed by atoms with Crippen molar-refractivity contribution in [1.82, 2.24) is 5.32 Å². The minimum absolute atomic E-state index is 0.461. The van der Waals surface area contributed by atoms with Crippen molar-refractivity contribution in [2.45, 2.75) is 19.8 Å². The van der Waals surface area contributed by atoms with Crippen molar-refractivity contribution in [2.75, 3.05) is 13.1 Å². The average molecular weight is 169 g/mol. The zero-order valence-corrected chi connectivity index (χ0v) is 7.34. The number of allylic oxidation sites excluding steroid dienone is 1. The highest BCUT2D eigenvalue weighted by molar-refractivity contribution is 5.85. The summed E-state index contributed by atoms with van der Waals surface area (Å²) in [4.78, 5) is 10.5. The molecule has 0 atom stereocenters. The van der Waals surface area contributed by atoms with E-state index in [0.717, 1.165) is 25.9 Å². The number of hydrogen-bond acceptors (Lipinski definition) is 2. The summed E-state index contributed by atoms with van der Waals surface area (Å²) in [5, 5.41) is 11.9. The van der Waals surface area contributed by atoms with Crippen LogP contribution in [0.25, 0.3) is 0 Å². The van der Waals surface area contributed by atoms with Crippen LogP contribution >= 0.6 is 0 Å². The summed E-state index contributed by atoms with van der Waals surface area (Å²) in [5.41, 5.74) is 0.474. The van der Waals surface area contributed by atoms with Gasteiger partial charge in [0, 0.05) is 5.57 Å². The van der Waals surface area contributed by atoms with E-state index in [1.165, 1.54) is 0 Å². The molecule has 68 valence electrons. The molecular formula is C9H15NO2. The quantitative estimate of drug-likeness (QED) is 0.607. The van der Waals surface area contributed by atoms with Crippen LogP contribution in [0.3, 0.4) is 0 Å². The number of hydrogen-bond donors (Lipinski definition) is 2. The van der Waals surface area contributed by atoms with Gasteiger partial charge in [0.05, 0.1) is 0 Å². The van der Waals surface area contributed by atoms with E-state index < -0.39 is 5.97 Å². The smallest absolute Gasteiger partial charge is 0.330 e. The Hall–Kier alpha value is -0.830. The van der Waals surface area contributed by atoms with E-state index in [2.05, 4.69) is 5.32 Å². The fourth-order valence-corrected chi connectivity index (χ4v) is 1.44. The van der Waals surface area contributed by atoms with Crippen molar-refractivity contribution < 1.29 is 9.90 Å². The number of aliphatic carboxylic acids is 1. The summed E-state index contributed by atoms with van der Waals surface area (Å²) in [5.74, 6) is -0.337. The molecule has 1 rings (SSSR count). The first kappa shape index (κ1) is 9.26. The van der Waals surface area contributed by atoms with Gasteiger partial charge in [-0.2, -0.15) is 0 Å². The number of nitrogens with one attached hydrogen (secondary N) is 1. The van der Waals surface area contributed by atoms with Crippen LogP contribution in [0.4, 0.5) is 0 Å². The summed E-state index contributed by atoms with van der Waals surface area (Å²) in [6.45, 7) is 3.67. The molecule has 1 fully saturated rings. The Morgan fingerprint density at radius 2 is 2.08 bits per heavy atom. The van der Waals surface area contributed by atoms with Crippen LogP contribution in [0.15, 0.2) is 11.6 Å². The molecule has 0 aromatic carbocycles. The van der Waals surface area contributed by atoms with Gasteiger partial charge in [0.1, 0.15) is 0 Å². The van der Waals surface area contributed by atoms with Crippen LogP contribution in [0.5, 0.6) is 0 Å². The molecule has 1 saturated heterocycles. The van der Waals surface area contributed by atoms with E-state index in [1.54, 1.807) is 6.92 Å². The second kappa shape index (κ2) is 4.26. The third kappa shape index (κ3) is 2.66. The highest BCUT2D eigenvalue weighted by atomic mass is 16.4. The van der Waals surface area contributed by atoms with E-state index in [1.807, 2.05) is 6.08 Å². The second-order valence-corrected chi connectivity index (χ2v) is 3.24. The summed E-state index contributed by atoms with van der Waals surface area (Å²) in [7, 11) is 0. The molecule has 0 aliphatic carbocycles. The molecule has 0 aromatic rings. The molecule has 0 radical (unpaired) electrons. The molecule has 1 aliphatic rings. The average Bonchev–Trinajstić information content (AvgIpc) is 2.06. The first-order valence-corrected chi connectivity index (χ1v) is 4.32. The lowest BCUT2D eigenvalue weighted by atomic mass is 9.96. The Balaban J connectivity index is 2.47. The van der Waals surface area contributed by atoms with E-state index in [-0.39, 0.29) is 0 Å². The van der Waals surface area contributed by atoms with Gasteiger partial charge >= 0.3 is 5.97 Å². The van der Waals surface area contributed by atoms with E-state index >= 15 is 0 Å². The van der Waals surface area contributed by atoms with Gasteiger partial charge in [-0.1, -0.05) is 6.08 Å². The topological polar surface area (TPSA) is 49.3 Å². The molecule has 0 amide bonds. The van der Waals surface area contributed by atoms with Gasteiger partial charge in [0.2, 0.25) is 0 Å². The van der Waals surface area contributed by atoms with Crippen LogP contribution in [0.2, 0.25) is 0 Å². The highest BCUT2D eigenvalue weighted by Crippen LogP contribution is 2.14. The molecule has 0 saturated carbocycles. The van der Waals surface area contributed by atoms with Crippen molar-refractivity contribution in [3.8, 4) is 0 Å². The fraction of sp³-hybridized carbons (Fsp3) is 0.667. The predicted octanol–water partition coefficient (Wildman–Crippen LogP) is 1.02. The Bertz CT molecular complexity index is 193. The molecular weight excluding hydrogens is 154 g/mol. The molecule has 2 N–H and O–H groups in total. The summed E-state index contributed by atoms with van der Waals surface area (Å²) in [6, 6.07) is 0. The highest BCUT2D eigenvalue weighted by Gasteiger charge is 2.11. The zero-order chi connectivity index (χ0) is 8.97. The minimum Gasteiger partial charge on any atom is -0.478 e. The van der Waals surface area contributed by atoms with Crippen molar-refractivity contribution in [1.29, 1.82) is 0 Å². The number of carboxylic acids is 1. The predicted molar refractivity (Wildman–Crippen MR) is 47.0 cm³/mol. The summed E-state index contributed by atoms with van der Waals surface area (Å²) >= 11 is 0. The minimum atomic E-state index is -0.798. The lowest BCUT2D eigenvalue weighted by Gasteiger charge is -2.19. The van der Waals surface area contributed by atoms with Gasteiger partial charge in [0.15, 0.2) is 0 Å². The standard InChI is InChI=1S/C9H15NO2/c1-7(9(11)12)6-8-2-4-10-5-3-8/h6,8,10H,2-5H2,1H3,(H,11,12)/b7-6+. The van der Waals surface area contributed by atoms with E-state index in [0.29, 0.717) is 11.5 Å². The van der Waals surface area contributed by atoms with Gasteiger partial charge in [-0.15, -0.1) is 0 Å². The van der Waals surface area contributed by atoms with Crippen LogP contribution in [-0.2, 0) is 4.79 Å². The van der Waals surface area contributed by atoms with Gasteiger partial charge in [-0.25, -0.2) is 4.79 Å². The first-order chi connectivity index (χ1) is 5.70.